The highest BCUT2D eigenvalue weighted by atomic mass is 19.4. The molecule has 0 bridgehead atoms. The summed E-state index contributed by atoms with van der Waals surface area (Å²) in [6.45, 7) is 3.02. The summed E-state index contributed by atoms with van der Waals surface area (Å²) in [6.07, 6.45) is 0.304. The number of anilines is 1. The number of rotatable bonds is 4. The van der Waals surface area contributed by atoms with Gasteiger partial charge in [-0.2, -0.15) is 18.4 Å². The Kier molecular flexibility index (Phi) is 5.84. The van der Waals surface area contributed by atoms with Crippen LogP contribution < -0.4 is 10.2 Å². The van der Waals surface area contributed by atoms with Crippen LogP contribution in [-0.2, 0) is 9.53 Å². The van der Waals surface area contributed by atoms with E-state index in [0.29, 0.717) is 28.2 Å². The summed E-state index contributed by atoms with van der Waals surface area (Å²) >= 11 is 0. The van der Waals surface area contributed by atoms with Gasteiger partial charge in [0.2, 0.25) is 5.91 Å². The van der Waals surface area contributed by atoms with Crippen LogP contribution >= 0.6 is 0 Å². The van der Waals surface area contributed by atoms with Crippen molar-refractivity contribution in [2.24, 2.45) is 10.8 Å². The van der Waals surface area contributed by atoms with Crippen molar-refractivity contribution in [2.45, 2.75) is 50.4 Å². The first-order valence-electron chi connectivity index (χ1n) is 13.0. The number of amides is 1. The largest absolute Gasteiger partial charge is 0.397 e. The summed E-state index contributed by atoms with van der Waals surface area (Å²) < 4.78 is 48.9. The number of halogens is 3. The van der Waals surface area contributed by atoms with Crippen molar-refractivity contribution in [1.29, 1.82) is 5.26 Å². The number of ether oxygens (including phenoxy) is 1. The van der Waals surface area contributed by atoms with Gasteiger partial charge in [0.25, 0.3) is 0 Å². The van der Waals surface area contributed by atoms with Gasteiger partial charge in [-0.25, -0.2) is 0 Å². The quantitative estimate of drug-likeness (QED) is 0.673. The zero-order valence-corrected chi connectivity index (χ0v) is 20.6. The van der Waals surface area contributed by atoms with Crippen LogP contribution in [0.15, 0.2) is 30.5 Å². The number of nitriles is 1. The molecule has 1 amide bonds. The molecule has 0 radical (unpaired) electrons. The minimum absolute atomic E-state index is 0.00262. The fourth-order valence-electron chi connectivity index (χ4n) is 6.97. The maximum atomic E-state index is 14.5. The van der Waals surface area contributed by atoms with Crippen LogP contribution in [0.3, 0.4) is 0 Å². The topological polar surface area (TPSA) is 81.5 Å². The van der Waals surface area contributed by atoms with Crippen molar-refractivity contribution in [1.82, 2.24) is 15.2 Å². The summed E-state index contributed by atoms with van der Waals surface area (Å²) in [6, 6.07) is 9.19. The van der Waals surface area contributed by atoms with E-state index in [2.05, 4.69) is 21.3 Å². The van der Waals surface area contributed by atoms with E-state index in [9.17, 15) is 23.2 Å². The van der Waals surface area contributed by atoms with Crippen molar-refractivity contribution in [3.63, 3.8) is 0 Å². The Hall–Kier alpha value is -2.90. The maximum absolute atomic E-state index is 14.5. The molecule has 1 aromatic heterocycles. The molecule has 4 fully saturated rings. The second-order valence-corrected chi connectivity index (χ2v) is 11.0. The third-order valence-corrected chi connectivity index (χ3v) is 9.10. The summed E-state index contributed by atoms with van der Waals surface area (Å²) in [7, 11) is 0. The predicted molar refractivity (Wildman–Crippen MR) is 131 cm³/mol. The smallest absolute Gasteiger partial charge is 0.379 e. The van der Waals surface area contributed by atoms with Crippen molar-refractivity contribution in [2.75, 3.05) is 44.3 Å². The van der Waals surface area contributed by atoms with Gasteiger partial charge in [0.15, 0.2) is 0 Å². The number of fused-ring (bicyclic) bond motifs is 2. The zero-order chi connectivity index (χ0) is 25.8. The normalized spacial score (nSPS) is 32.1. The SMILES string of the molecule is N#Cc1ccc(N2C[C@@]3(C(=O)N[C@H]4CC[C@@H](N5CCOCC5)CC4)C[C@@]3(C(F)(F)F)C2)c2cccnc12. The Morgan fingerprint density at radius 2 is 1.89 bits per heavy atom. The predicted octanol–water partition coefficient (Wildman–Crippen LogP) is 3.62. The molecule has 196 valence electrons. The molecule has 7 nitrogen and oxygen atoms in total. The fourth-order valence-corrected chi connectivity index (χ4v) is 6.97. The molecule has 2 aliphatic heterocycles. The van der Waals surface area contributed by atoms with E-state index in [1.165, 1.54) is 0 Å². The summed E-state index contributed by atoms with van der Waals surface area (Å²) in [4.78, 5) is 21.9. The molecule has 0 spiro atoms. The van der Waals surface area contributed by atoms with Crippen LogP contribution in [0, 0.1) is 22.2 Å². The van der Waals surface area contributed by atoms with Gasteiger partial charge in [-0.1, -0.05) is 0 Å². The Balaban J connectivity index is 1.20. The number of pyridine rings is 1. The fraction of sp³-hybridized carbons (Fsp3) is 0.593. The molecule has 0 unspecified atom stereocenters. The molecule has 10 heteroatoms. The number of carbonyl (C=O) groups is 1. The van der Waals surface area contributed by atoms with E-state index in [-0.39, 0.29) is 25.6 Å². The Morgan fingerprint density at radius 3 is 2.59 bits per heavy atom. The molecule has 2 saturated heterocycles. The lowest BCUT2D eigenvalue weighted by Crippen LogP contribution is -2.49. The zero-order valence-electron chi connectivity index (χ0n) is 20.6. The van der Waals surface area contributed by atoms with Crippen LogP contribution in [0.2, 0.25) is 0 Å². The van der Waals surface area contributed by atoms with Crippen molar-refractivity contribution < 1.29 is 22.7 Å². The van der Waals surface area contributed by atoms with Gasteiger partial charge in [0, 0.05) is 55.5 Å². The van der Waals surface area contributed by atoms with E-state index >= 15 is 0 Å². The Bertz CT molecular complexity index is 1250. The molecule has 2 aromatic rings. The van der Waals surface area contributed by atoms with Gasteiger partial charge in [0.05, 0.1) is 29.7 Å². The Morgan fingerprint density at radius 1 is 1.14 bits per heavy atom. The van der Waals surface area contributed by atoms with Crippen LogP contribution in [0.25, 0.3) is 10.9 Å². The van der Waals surface area contributed by atoms with Crippen LogP contribution in [0.4, 0.5) is 18.9 Å². The molecule has 2 aliphatic carbocycles. The van der Waals surface area contributed by atoms with Gasteiger partial charge in [0.1, 0.15) is 11.5 Å². The number of nitrogens with one attached hydrogen (secondary N) is 1. The lowest BCUT2D eigenvalue weighted by atomic mass is 9.88. The highest BCUT2D eigenvalue weighted by Crippen LogP contribution is 2.75. The molecular weight excluding hydrogens is 483 g/mol. The number of piperidine rings is 1. The van der Waals surface area contributed by atoms with Crippen LogP contribution in [-0.4, -0.2) is 73.4 Å². The van der Waals surface area contributed by atoms with Crippen molar-refractivity contribution in [3.8, 4) is 6.07 Å². The van der Waals surface area contributed by atoms with Crippen LogP contribution in [0.1, 0.15) is 37.7 Å². The third-order valence-electron chi connectivity index (χ3n) is 9.10. The lowest BCUT2D eigenvalue weighted by molar-refractivity contribution is -0.191. The van der Waals surface area contributed by atoms with E-state index in [1.807, 2.05) is 0 Å². The number of nitrogens with zero attached hydrogens (tertiary/aromatic N) is 4. The van der Waals surface area contributed by atoms with Gasteiger partial charge >= 0.3 is 6.18 Å². The minimum Gasteiger partial charge on any atom is -0.379 e. The number of aromatic nitrogens is 1. The standard InChI is InChI=1S/C27H30F3N5O2/c28-27(29,30)26-15-25(26,24(36)33-19-4-6-20(7-5-19)34-10-12-37-13-11-34)16-35(17-26)22-8-3-18(14-31)23-21(22)2-1-9-32-23/h1-3,8-9,19-20H,4-7,10-13,15-17H2,(H,33,36)/t19-,20+,25-,26-/m1/s1. The first-order chi connectivity index (χ1) is 17.8. The number of hydrogen-bond acceptors (Lipinski definition) is 6. The number of benzene rings is 1. The second-order valence-electron chi connectivity index (χ2n) is 11.0. The summed E-state index contributed by atoms with van der Waals surface area (Å²) in [5, 5.41) is 13.1. The minimum atomic E-state index is -4.49. The van der Waals surface area contributed by atoms with Crippen molar-refractivity contribution >= 4 is 22.5 Å². The number of alkyl halides is 3. The average Bonchev–Trinajstić information content (AvgIpc) is 3.46. The van der Waals surface area contributed by atoms with Gasteiger partial charge < -0.3 is 15.0 Å². The second kappa shape index (κ2) is 8.84. The molecule has 1 N–H and O–H groups in total. The average molecular weight is 514 g/mol. The maximum Gasteiger partial charge on any atom is 0.397 e. The van der Waals surface area contributed by atoms with Gasteiger partial charge in [-0.3, -0.25) is 14.7 Å². The Labute approximate surface area is 213 Å². The number of hydrogen-bond donors (Lipinski definition) is 1. The highest BCUT2D eigenvalue weighted by molar-refractivity contribution is 5.97. The summed E-state index contributed by atoms with van der Waals surface area (Å²) in [5.74, 6) is -0.474. The number of carbonyl (C=O) groups excluding carboxylic acids is 1. The van der Waals surface area contributed by atoms with E-state index in [0.717, 1.165) is 52.0 Å². The molecule has 3 heterocycles. The first-order valence-corrected chi connectivity index (χ1v) is 13.0. The third kappa shape index (κ3) is 3.86. The summed E-state index contributed by atoms with van der Waals surface area (Å²) in [5.41, 5.74) is -2.14. The monoisotopic (exact) mass is 513 g/mol. The van der Waals surface area contributed by atoms with E-state index < -0.39 is 22.9 Å². The van der Waals surface area contributed by atoms with Crippen LogP contribution in [0.5, 0.6) is 0 Å². The highest BCUT2D eigenvalue weighted by Gasteiger charge is 2.86. The van der Waals surface area contributed by atoms with Gasteiger partial charge in [-0.15, -0.1) is 0 Å². The van der Waals surface area contributed by atoms with E-state index in [1.54, 1.807) is 35.4 Å². The molecule has 37 heavy (non-hydrogen) atoms. The molecular formula is C27H30F3N5O2. The molecule has 2 saturated carbocycles. The molecule has 6 rings (SSSR count). The first kappa shape index (κ1) is 24.4. The lowest BCUT2D eigenvalue weighted by Gasteiger charge is -2.39. The van der Waals surface area contributed by atoms with Crippen molar-refractivity contribution in [3.05, 3.63) is 36.0 Å². The number of morpholine rings is 1. The molecule has 1 aromatic carbocycles. The van der Waals surface area contributed by atoms with Gasteiger partial charge in [-0.05, 0) is 56.4 Å². The van der Waals surface area contributed by atoms with E-state index in [4.69, 9.17) is 4.74 Å². The molecule has 4 aliphatic rings. The molecule has 2 atom stereocenters.